The molecular formula is C30H35N3O3. The Balaban J connectivity index is 1.47. The molecule has 0 unspecified atom stereocenters. The van der Waals surface area contributed by atoms with Gasteiger partial charge in [-0.15, -0.1) is 0 Å². The minimum absolute atomic E-state index is 0.0244. The van der Waals surface area contributed by atoms with E-state index in [2.05, 4.69) is 5.32 Å². The molecule has 3 aromatic rings. The molecule has 3 amide bonds. The fraction of sp³-hybridized carbons (Fsp3) is 0.367. The van der Waals surface area contributed by atoms with Gasteiger partial charge < -0.3 is 15.1 Å². The lowest BCUT2D eigenvalue weighted by Crippen LogP contribution is -2.52. The van der Waals surface area contributed by atoms with E-state index in [1.807, 2.05) is 88.4 Å². The number of nitrogens with one attached hydrogen (secondary N) is 1. The summed E-state index contributed by atoms with van der Waals surface area (Å²) in [6.45, 7) is 10.4. The van der Waals surface area contributed by atoms with E-state index in [0.717, 1.165) is 27.6 Å². The van der Waals surface area contributed by atoms with Crippen molar-refractivity contribution in [2.75, 3.05) is 11.4 Å². The Morgan fingerprint density at radius 3 is 2.33 bits per heavy atom. The molecule has 0 aliphatic carbocycles. The Morgan fingerprint density at radius 1 is 1.00 bits per heavy atom. The highest BCUT2D eigenvalue weighted by atomic mass is 16.2. The van der Waals surface area contributed by atoms with E-state index < -0.39 is 11.6 Å². The molecule has 1 heterocycles. The van der Waals surface area contributed by atoms with Crippen molar-refractivity contribution in [3.8, 4) is 0 Å². The van der Waals surface area contributed by atoms with Crippen LogP contribution < -0.4 is 10.2 Å². The van der Waals surface area contributed by atoms with Crippen molar-refractivity contribution < 1.29 is 14.4 Å². The Hall–Kier alpha value is -3.67. The number of benzene rings is 3. The summed E-state index contributed by atoms with van der Waals surface area (Å²) in [6.07, 6.45) is 0.752. The lowest BCUT2D eigenvalue weighted by molar-refractivity contribution is -0.141. The van der Waals surface area contributed by atoms with E-state index in [0.29, 0.717) is 25.1 Å². The number of rotatable bonds is 8. The van der Waals surface area contributed by atoms with Crippen molar-refractivity contribution in [2.45, 2.75) is 65.6 Å². The average molecular weight is 486 g/mol. The van der Waals surface area contributed by atoms with Gasteiger partial charge in [-0.3, -0.25) is 14.4 Å². The molecule has 36 heavy (non-hydrogen) atoms. The number of hydrogen-bond donors (Lipinski definition) is 1. The molecule has 1 atom stereocenters. The first-order chi connectivity index (χ1) is 17.0. The Bertz CT molecular complexity index is 1290. The monoisotopic (exact) mass is 485 g/mol. The Labute approximate surface area is 213 Å². The van der Waals surface area contributed by atoms with Crippen LogP contribution >= 0.6 is 0 Å². The molecule has 4 rings (SSSR count). The van der Waals surface area contributed by atoms with E-state index in [1.54, 1.807) is 16.7 Å². The van der Waals surface area contributed by atoms with Crippen molar-refractivity contribution >= 4 is 34.2 Å². The van der Waals surface area contributed by atoms with Gasteiger partial charge in [0.15, 0.2) is 0 Å². The van der Waals surface area contributed by atoms with Crippen LogP contribution in [0.2, 0.25) is 0 Å². The number of hydrogen-bond acceptors (Lipinski definition) is 3. The molecule has 0 saturated carbocycles. The first kappa shape index (κ1) is 25.4. The number of nitrogens with zero attached hydrogens (tertiary/aromatic N) is 2. The van der Waals surface area contributed by atoms with Gasteiger partial charge in [-0.05, 0) is 64.1 Å². The maximum Gasteiger partial charge on any atom is 0.258 e. The number of carbonyl (C=O) groups is 3. The molecule has 3 aromatic carbocycles. The summed E-state index contributed by atoms with van der Waals surface area (Å²) >= 11 is 0. The highest BCUT2D eigenvalue weighted by molar-refractivity contribution is 6.25. The van der Waals surface area contributed by atoms with Crippen LogP contribution in [-0.2, 0) is 16.1 Å². The normalized spacial score (nSPS) is 13.7. The van der Waals surface area contributed by atoms with Gasteiger partial charge in [0.2, 0.25) is 11.8 Å². The van der Waals surface area contributed by atoms with E-state index in [4.69, 9.17) is 0 Å². The van der Waals surface area contributed by atoms with E-state index in [-0.39, 0.29) is 24.1 Å². The molecule has 188 valence electrons. The molecule has 0 radical (unpaired) electrons. The van der Waals surface area contributed by atoms with Crippen molar-refractivity contribution in [3.05, 3.63) is 77.4 Å². The topological polar surface area (TPSA) is 69.7 Å². The summed E-state index contributed by atoms with van der Waals surface area (Å²) < 4.78 is 0. The van der Waals surface area contributed by atoms with Gasteiger partial charge in [0, 0.05) is 36.0 Å². The maximum atomic E-state index is 13.4. The largest absolute Gasteiger partial charge is 0.350 e. The van der Waals surface area contributed by atoms with Crippen LogP contribution in [0.5, 0.6) is 0 Å². The van der Waals surface area contributed by atoms with Crippen LogP contribution in [0.15, 0.2) is 60.7 Å². The number of aryl methyl sites for hydroxylation is 1. The van der Waals surface area contributed by atoms with E-state index in [9.17, 15) is 14.4 Å². The van der Waals surface area contributed by atoms with Crippen LogP contribution in [0.25, 0.3) is 10.8 Å². The molecule has 1 aliphatic heterocycles. The van der Waals surface area contributed by atoms with Crippen LogP contribution in [0.1, 0.15) is 62.0 Å². The smallest absolute Gasteiger partial charge is 0.258 e. The maximum absolute atomic E-state index is 13.4. The van der Waals surface area contributed by atoms with Gasteiger partial charge >= 0.3 is 0 Å². The summed E-state index contributed by atoms with van der Waals surface area (Å²) in [5, 5.41) is 5.01. The molecule has 1 aliphatic rings. The van der Waals surface area contributed by atoms with E-state index >= 15 is 0 Å². The van der Waals surface area contributed by atoms with Gasteiger partial charge in [-0.1, -0.05) is 54.1 Å². The van der Waals surface area contributed by atoms with Crippen molar-refractivity contribution in [1.29, 1.82) is 0 Å². The fourth-order valence-corrected chi connectivity index (χ4v) is 4.68. The van der Waals surface area contributed by atoms with E-state index in [1.165, 1.54) is 0 Å². The molecule has 0 aromatic heterocycles. The molecule has 6 heteroatoms. The van der Waals surface area contributed by atoms with Gasteiger partial charge in [-0.25, -0.2) is 0 Å². The zero-order valence-corrected chi connectivity index (χ0v) is 21.8. The highest BCUT2D eigenvalue weighted by Gasteiger charge is 2.31. The average Bonchev–Trinajstić information content (AvgIpc) is 3.10. The van der Waals surface area contributed by atoms with Crippen molar-refractivity contribution in [2.24, 2.45) is 0 Å². The number of carbonyl (C=O) groups excluding carboxylic acids is 3. The Morgan fingerprint density at radius 2 is 1.67 bits per heavy atom. The minimum Gasteiger partial charge on any atom is -0.350 e. The fourth-order valence-electron chi connectivity index (χ4n) is 4.68. The SMILES string of the molecule is Cc1ccc(CN(C(=O)CCCN2C(=O)c3cccc4cccc2c34)[C@@H](C)C(=O)NC(C)(C)C)cc1. The lowest BCUT2D eigenvalue weighted by atomic mass is 10.1. The molecule has 0 fully saturated rings. The van der Waals surface area contributed by atoms with Crippen molar-refractivity contribution in [3.63, 3.8) is 0 Å². The lowest BCUT2D eigenvalue weighted by Gasteiger charge is -2.31. The van der Waals surface area contributed by atoms with Gasteiger partial charge in [-0.2, -0.15) is 0 Å². The molecule has 6 nitrogen and oxygen atoms in total. The summed E-state index contributed by atoms with van der Waals surface area (Å²) in [6, 6.07) is 19.1. The molecule has 0 spiro atoms. The van der Waals surface area contributed by atoms with Crippen LogP contribution in [0, 0.1) is 6.92 Å². The molecule has 0 bridgehead atoms. The molecule has 1 N–H and O–H groups in total. The third kappa shape index (κ3) is 5.43. The highest BCUT2D eigenvalue weighted by Crippen LogP contribution is 2.37. The summed E-state index contributed by atoms with van der Waals surface area (Å²) in [5.74, 6) is -0.307. The Kier molecular flexibility index (Phi) is 7.16. The zero-order chi connectivity index (χ0) is 26.0. The van der Waals surface area contributed by atoms with Gasteiger partial charge in [0.1, 0.15) is 6.04 Å². The van der Waals surface area contributed by atoms with Crippen LogP contribution in [0.3, 0.4) is 0 Å². The predicted molar refractivity (Wildman–Crippen MR) is 144 cm³/mol. The zero-order valence-electron chi connectivity index (χ0n) is 21.8. The third-order valence-corrected chi connectivity index (χ3v) is 6.56. The summed E-state index contributed by atoms with van der Waals surface area (Å²) in [5.41, 5.74) is 3.33. The molecule has 0 saturated heterocycles. The summed E-state index contributed by atoms with van der Waals surface area (Å²) in [4.78, 5) is 42.9. The summed E-state index contributed by atoms with van der Waals surface area (Å²) in [7, 11) is 0. The first-order valence-electron chi connectivity index (χ1n) is 12.6. The predicted octanol–water partition coefficient (Wildman–Crippen LogP) is 5.22. The van der Waals surface area contributed by atoms with Crippen molar-refractivity contribution in [1.82, 2.24) is 10.2 Å². The van der Waals surface area contributed by atoms with Crippen LogP contribution in [0.4, 0.5) is 5.69 Å². The minimum atomic E-state index is -0.621. The third-order valence-electron chi connectivity index (χ3n) is 6.56. The second kappa shape index (κ2) is 10.1. The van der Waals surface area contributed by atoms with Gasteiger partial charge in [0.25, 0.3) is 5.91 Å². The quantitative estimate of drug-likeness (QED) is 0.476. The van der Waals surface area contributed by atoms with Crippen LogP contribution in [-0.4, -0.2) is 40.7 Å². The first-order valence-corrected chi connectivity index (χ1v) is 12.6. The second-order valence-electron chi connectivity index (χ2n) is 10.7. The standard InChI is InChI=1S/C30H35N3O3/c1-20-14-16-22(17-15-20)19-33(21(2)28(35)31-30(3,4)5)26(34)13-8-18-32-25-12-7-10-23-9-6-11-24(27(23)25)29(32)36/h6-7,9-12,14-17,21H,8,13,18-19H2,1-5H3,(H,31,35)/t21-/m0/s1. The molecular weight excluding hydrogens is 450 g/mol. The van der Waals surface area contributed by atoms with Gasteiger partial charge in [0.05, 0.1) is 5.69 Å². The number of amides is 3. The second-order valence-corrected chi connectivity index (χ2v) is 10.7. The number of anilines is 1.